The zero-order valence-electron chi connectivity index (χ0n) is 7.82. The van der Waals surface area contributed by atoms with Crippen LogP contribution in [0.1, 0.15) is 5.69 Å². The highest BCUT2D eigenvalue weighted by Gasteiger charge is 2.05. The first kappa shape index (κ1) is 10.1. The van der Waals surface area contributed by atoms with Crippen molar-refractivity contribution in [1.82, 2.24) is 9.97 Å². The monoisotopic (exact) mass is 222 g/mol. The standard InChI is InChI=1S/C11H8ClFN2/c12-5-11-10(13)4-9(7-15-11)8-2-1-3-14-6-8/h1-4,6-7H,5H2. The molecule has 2 aromatic rings. The van der Waals surface area contributed by atoms with Gasteiger partial charge in [-0.3, -0.25) is 9.97 Å². The van der Waals surface area contributed by atoms with Crippen molar-refractivity contribution in [3.05, 3.63) is 48.3 Å². The Morgan fingerprint density at radius 1 is 1.27 bits per heavy atom. The van der Waals surface area contributed by atoms with Gasteiger partial charge in [-0.05, 0) is 12.1 Å². The van der Waals surface area contributed by atoms with Crippen molar-refractivity contribution in [2.75, 3.05) is 0 Å². The van der Waals surface area contributed by atoms with Gasteiger partial charge in [0.1, 0.15) is 5.82 Å². The molecule has 0 unspecified atom stereocenters. The van der Waals surface area contributed by atoms with Gasteiger partial charge in [0.2, 0.25) is 0 Å². The fourth-order valence-corrected chi connectivity index (χ4v) is 1.45. The second-order valence-corrected chi connectivity index (χ2v) is 3.30. The number of aromatic nitrogens is 2. The van der Waals surface area contributed by atoms with E-state index in [0.717, 1.165) is 5.56 Å². The summed E-state index contributed by atoms with van der Waals surface area (Å²) in [6.45, 7) is 0. The van der Waals surface area contributed by atoms with Crippen LogP contribution >= 0.6 is 11.6 Å². The fraction of sp³-hybridized carbons (Fsp3) is 0.0909. The Morgan fingerprint density at radius 2 is 2.13 bits per heavy atom. The van der Waals surface area contributed by atoms with Crippen LogP contribution in [-0.2, 0) is 5.88 Å². The predicted molar refractivity (Wildman–Crippen MR) is 57.0 cm³/mol. The van der Waals surface area contributed by atoms with Crippen LogP contribution in [0.2, 0.25) is 0 Å². The summed E-state index contributed by atoms with van der Waals surface area (Å²) in [7, 11) is 0. The molecule has 0 spiro atoms. The maximum atomic E-state index is 13.4. The summed E-state index contributed by atoms with van der Waals surface area (Å²) >= 11 is 5.52. The summed E-state index contributed by atoms with van der Waals surface area (Å²) in [5.41, 5.74) is 1.81. The van der Waals surface area contributed by atoms with Crippen LogP contribution in [0.15, 0.2) is 36.8 Å². The second-order valence-electron chi connectivity index (χ2n) is 3.03. The molecule has 0 saturated heterocycles. The SMILES string of the molecule is Fc1cc(-c2cccnc2)cnc1CCl. The second kappa shape index (κ2) is 4.36. The first-order valence-corrected chi connectivity index (χ1v) is 4.95. The van der Waals surface area contributed by atoms with Crippen molar-refractivity contribution in [2.45, 2.75) is 5.88 Å². The van der Waals surface area contributed by atoms with Crippen molar-refractivity contribution < 1.29 is 4.39 Å². The maximum absolute atomic E-state index is 13.4. The largest absolute Gasteiger partial charge is 0.264 e. The number of hydrogen-bond donors (Lipinski definition) is 0. The van der Waals surface area contributed by atoms with Crippen LogP contribution in [0.3, 0.4) is 0 Å². The topological polar surface area (TPSA) is 25.8 Å². The molecule has 2 rings (SSSR count). The van der Waals surface area contributed by atoms with E-state index in [1.54, 1.807) is 24.7 Å². The summed E-state index contributed by atoms with van der Waals surface area (Å²) in [6, 6.07) is 5.06. The average molecular weight is 223 g/mol. The quantitative estimate of drug-likeness (QED) is 0.730. The van der Waals surface area contributed by atoms with Gasteiger partial charge in [-0.1, -0.05) is 6.07 Å². The molecule has 0 atom stereocenters. The minimum absolute atomic E-state index is 0.0825. The normalized spacial score (nSPS) is 10.3. The van der Waals surface area contributed by atoms with Gasteiger partial charge in [-0.25, -0.2) is 4.39 Å². The molecule has 0 N–H and O–H groups in total. The first-order valence-electron chi connectivity index (χ1n) is 4.42. The van der Waals surface area contributed by atoms with Crippen molar-refractivity contribution in [2.24, 2.45) is 0 Å². The molecule has 0 amide bonds. The molecule has 0 radical (unpaired) electrons. The van der Waals surface area contributed by atoms with Gasteiger partial charge in [0, 0.05) is 29.7 Å². The van der Waals surface area contributed by atoms with Crippen molar-refractivity contribution >= 4 is 11.6 Å². The highest BCUT2D eigenvalue weighted by atomic mass is 35.5. The number of rotatable bonds is 2. The summed E-state index contributed by atoms with van der Waals surface area (Å²) in [5.74, 6) is -0.301. The molecule has 0 aliphatic carbocycles. The number of alkyl halides is 1. The number of pyridine rings is 2. The number of hydrogen-bond acceptors (Lipinski definition) is 2. The molecule has 0 aromatic carbocycles. The third kappa shape index (κ3) is 2.13. The Kier molecular flexibility index (Phi) is 2.92. The Labute approximate surface area is 91.8 Å². The Hall–Kier alpha value is -1.48. The lowest BCUT2D eigenvalue weighted by Crippen LogP contribution is -1.92. The zero-order chi connectivity index (χ0) is 10.7. The van der Waals surface area contributed by atoms with E-state index in [1.807, 2.05) is 6.07 Å². The Bertz CT molecular complexity index is 459. The van der Waals surface area contributed by atoms with Crippen molar-refractivity contribution in [1.29, 1.82) is 0 Å². The molecule has 2 aromatic heterocycles. The van der Waals surface area contributed by atoms with E-state index >= 15 is 0 Å². The minimum atomic E-state index is -0.383. The van der Waals surface area contributed by atoms with Crippen LogP contribution in [0, 0.1) is 5.82 Å². The van der Waals surface area contributed by atoms with Gasteiger partial charge in [-0.15, -0.1) is 11.6 Å². The highest BCUT2D eigenvalue weighted by molar-refractivity contribution is 6.16. The van der Waals surface area contributed by atoms with Crippen molar-refractivity contribution in [3.8, 4) is 11.1 Å². The van der Waals surface area contributed by atoms with Crippen LogP contribution in [0.25, 0.3) is 11.1 Å². The first-order chi connectivity index (χ1) is 7.31. The van der Waals surface area contributed by atoms with Crippen LogP contribution in [0.4, 0.5) is 4.39 Å². The van der Waals surface area contributed by atoms with E-state index in [0.29, 0.717) is 5.56 Å². The third-order valence-corrected chi connectivity index (χ3v) is 2.29. The average Bonchev–Trinajstić information content (AvgIpc) is 2.30. The van der Waals surface area contributed by atoms with Gasteiger partial charge in [-0.2, -0.15) is 0 Å². The molecule has 76 valence electrons. The lowest BCUT2D eigenvalue weighted by Gasteiger charge is -2.02. The molecule has 0 aliphatic heterocycles. The fourth-order valence-electron chi connectivity index (χ4n) is 1.26. The van der Waals surface area contributed by atoms with E-state index in [9.17, 15) is 4.39 Å². The molecular formula is C11H8ClFN2. The maximum Gasteiger partial charge on any atom is 0.146 e. The van der Waals surface area contributed by atoms with E-state index in [2.05, 4.69) is 9.97 Å². The molecule has 0 aliphatic rings. The lowest BCUT2D eigenvalue weighted by atomic mass is 10.1. The number of halogens is 2. The zero-order valence-corrected chi connectivity index (χ0v) is 8.58. The van der Waals surface area contributed by atoms with Crippen molar-refractivity contribution in [3.63, 3.8) is 0 Å². The van der Waals surface area contributed by atoms with Gasteiger partial charge < -0.3 is 0 Å². The number of nitrogens with zero attached hydrogens (tertiary/aromatic N) is 2. The van der Waals surface area contributed by atoms with E-state index in [1.165, 1.54) is 6.07 Å². The minimum Gasteiger partial charge on any atom is -0.264 e. The van der Waals surface area contributed by atoms with Crippen LogP contribution in [0.5, 0.6) is 0 Å². The van der Waals surface area contributed by atoms with Crippen LogP contribution in [-0.4, -0.2) is 9.97 Å². The van der Waals surface area contributed by atoms with E-state index in [-0.39, 0.29) is 17.4 Å². The highest BCUT2D eigenvalue weighted by Crippen LogP contribution is 2.19. The van der Waals surface area contributed by atoms with Gasteiger partial charge in [0.15, 0.2) is 0 Å². The smallest absolute Gasteiger partial charge is 0.146 e. The molecule has 0 saturated carbocycles. The molecule has 15 heavy (non-hydrogen) atoms. The van der Waals surface area contributed by atoms with E-state index < -0.39 is 0 Å². The molecule has 2 nitrogen and oxygen atoms in total. The molecule has 4 heteroatoms. The molecule has 0 fully saturated rings. The Morgan fingerprint density at radius 3 is 2.73 bits per heavy atom. The van der Waals surface area contributed by atoms with Gasteiger partial charge in [0.05, 0.1) is 11.6 Å². The van der Waals surface area contributed by atoms with Gasteiger partial charge in [0.25, 0.3) is 0 Å². The van der Waals surface area contributed by atoms with E-state index in [4.69, 9.17) is 11.6 Å². The lowest BCUT2D eigenvalue weighted by molar-refractivity contribution is 0.608. The molecule has 0 bridgehead atoms. The van der Waals surface area contributed by atoms with Crippen LogP contribution < -0.4 is 0 Å². The summed E-state index contributed by atoms with van der Waals surface area (Å²) in [5, 5.41) is 0. The summed E-state index contributed by atoms with van der Waals surface area (Å²) in [4.78, 5) is 7.90. The Balaban J connectivity index is 2.43. The molecule has 2 heterocycles. The predicted octanol–water partition coefficient (Wildman–Crippen LogP) is 3.02. The third-order valence-electron chi connectivity index (χ3n) is 2.04. The molecular weight excluding hydrogens is 215 g/mol. The summed E-state index contributed by atoms with van der Waals surface area (Å²) in [6.07, 6.45) is 4.93. The summed E-state index contributed by atoms with van der Waals surface area (Å²) < 4.78 is 13.4. The van der Waals surface area contributed by atoms with Gasteiger partial charge >= 0.3 is 0 Å².